The van der Waals surface area contributed by atoms with Crippen molar-refractivity contribution in [3.05, 3.63) is 11.4 Å². The van der Waals surface area contributed by atoms with E-state index < -0.39 is 0 Å². The van der Waals surface area contributed by atoms with Gasteiger partial charge in [0.15, 0.2) is 0 Å². The largest absolute Gasteiger partial charge is 0.396 e. The van der Waals surface area contributed by atoms with Crippen LogP contribution in [-0.2, 0) is 7.05 Å². The van der Waals surface area contributed by atoms with Gasteiger partial charge in [0.1, 0.15) is 0 Å². The van der Waals surface area contributed by atoms with E-state index in [1.165, 1.54) is 25.1 Å². The molecule has 1 aromatic rings. The molecule has 0 bridgehead atoms. The minimum absolute atomic E-state index is 0.551. The number of likely N-dealkylation sites (tertiary alicyclic amines) is 1. The van der Waals surface area contributed by atoms with Crippen LogP contribution in [0.1, 0.15) is 30.1 Å². The second-order valence-corrected chi connectivity index (χ2v) is 4.61. The van der Waals surface area contributed by atoms with E-state index in [4.69, 9.17) is 5.73 Å². The lowest BCUT2D eigenvalue weighted by Gasteiger charge is -2.30. The average molecular weight is 208 g/mol. The van der Waals surface area contributed by atoms with E-state index in [0.717, 1.165) is 17.9 Å². The summed E-state index contributed by atoms with van der Waals surface area (Å²) < 4.78 is 1.95. The normalized spacial score (nSPS) is 23.3. The van der Waals surface area contributed by atoms with Crippen LogP contribution in [0.3, 0.4) is 0 Å². The molecule has 4 nitrogen and oxygen atoms in total. The highest BCUT2D eigenvalue weighted by Gasteiger charge is 2.24. The van der Waals surface area contributed by atoms with Gasteiger partial charge in [-0.2, -0.15) is 5.10 Å². The van der Waals surface area contributed by atoms with Crippen LogP contribution in [-0.4, -0.2) is 34.8 Å². The molecule has 2 N–H and O–H groups in total. The molecule has 0 aromatic carbocycles. The van der Waals surface area contributed by atoms with E-state index in [0.29, 0.717) is 5.92 Å². The van der Waals surface area contributed by atoms with Crippen LogP contribution >= 0.6 is 0 Å². The summed E-state index contributed by atoms with van der Waals surface area (Å²) >= 11 is 0. The molecule has 1 atom stereocenters. The lowest BCUT2D eigenvalue weighted by Crippen LogP contribution is -2.32. The zero-order chi connectivity index (χ0) is 11.0. The predicted octanol–water partition coefficient (Wildman–Crippen LogP) is 1.12. The van der Waals surface area contributed by atoms with Crippen molar-refractivity contribution in [2.24, 2.45) is 7.05 Å². The maximum atomic E-state index is 6.08. The molecule has 1 unspecified atom stereocenters. The number of aromatic nitrogens is 2. The van der Waals surface area contributed by atoms with Crippen LogP contribution in [0.5, 0.6) is 0 Å². The monoisotopic (exact) mass is 208 g/mol. The molecule has 0 spiro atoms. The van der Waals surface area contributed by atoms with Crippen molar-refractivity contribution in [2.75, 3.05) is 25.9 Å². The minimum atomic E-state index is 0.551. The van der Waals surface area contributed by atoms with Gasteiger partial charge in [-0.25, -0.2) is 0 Å². The van der Waals surface area contributed by atoms with Gasteiger partial charge >= 0.3 is 0 Å². The fourth-order valence-electron chi connectivity index (χ4n) is 2.57. The lowest BCUT2D eigenvalue weighted by atomic mass is 9.94. The molecule has 0 aliphatic carbocycles. The quantitative estimate of drug-likeness (QED) is 0.752. The van der Waals surface area contributed by atoms with Crippen molar-refractivity contribution < 1.29 is 0 Å². The van der Waals surface area contributed by atoms with Crippen molar-refractivity contribution in [1.82, 2.24) is 14.7 Å². The highest BCUT2D eigenvalue weighted by atomic mass is 15.3. The summed E-state index contributed by atoms with van der Waals surface area (Å²) in [5, 5.41) is 4.38. The third-order valence-corrected chi connectivity index (χ3v) is 3.33. The van der Waals surface area contributed by atoms with Crippen LogP contribution < -0.4 is 5.73 Å². The zero-order valence-electron chi connectivity index (χ0n) is 9.82. The van der Waals surface area contributed by atoms with Crippen LogP contribution in [0.2, 0.25) is 0 Å². The van der Waals surface area contributed by atoms with Gasteiger partial charge in [-0.15, -0.1) is 0 Å². The summed E-state index contributed by atoms with van der Waals surface area (Å²) in [6.45, 7) is 4.28. The van der Waals surface area contributed by atoms with Crippen molar-refractivity contribution in [2.45, 2.75) is 25.7 Å². The number of anilines is 1. The standard InChI is InChI=1S/C11H20N4/c1-8-10(12)11(15(3)13-8)9-5-4-6-14(2)7-9/h9H,4-7,12H2,1-3H3. The van der Waals surface area contributed by atoms with Crippen LogP contribution in [0, 0.1) is 6.92 Å². The number of hydrogen-bond donors (Lipinski definition) is 1. The third-order valence-electron chi connectivity index (χ3n) is 3.33. The Hall–Kier alpha value is -1.03. The van der Waals surface area contributed by atoms with Gasteiger partial charge in [0.25, 0.3) is 0 Å². The Labute approximate surface area is 91.1 Å². The maximum absolute atomic E-state index is 6.08. The Morgan fingerprint density at radius 2 is 2.13 bits per heavy atom. The highest BCUT2D eigenvalue weighted by Crippen LogP contribution is 2.31. The summed E-state index contributed by atoms with van der Waals surface area (Å²) in [6, 6.07) is 0. The smallest absolute Gasteiger partial charge is 0.0826 e. The van der Waals surface area contributed by atoms with E-state index >= 15 is 0 Å². The molecular formula is C11H20N4. The molecule has 0 radical (unpaired) electrons. The Balaban J connectivity index is 2.28. The second-order valence-electron chi connectivity index (χ2n) is 4.61. The first-order chi connectivity index (χ1) is 7.09. The van der Waals surface area contributed by atoms with Crippen LogP contribution in [0.15, 0.2) is 0 Å². The molecule has 4 heteroatoms. The van der Waals surface area contributed by atoms with E-state index in [1.54, 1.807) is 0 Å². The van der Waals surface area contributed by atoms with Gasteiger partial charge in [0.2, 0.25) is 0 Å². The Morgan fingerprint density at radius 3 is 2.67 bits per heavy atom. The number of likely N-dealkylation sites (N-methyl/N-ethyl adjacent to an activating group) is 1. The first-order valence-electron chi connectivity index (χ1n) is 5.57. The molecule has 2 heterocycles. The van der Waals surface area contributed by atoms with Crippen molar-refractivity contribution in [1.29, 1.82) is 0 Å². The van der Waals surface area contributed by atoms with Crippen LogP contribution in [0.25, 0.3) is 0 Å². The summed E-state index contributed by atoms with van der Waals surface area (Å²) in [7, 11) is 4.17. The number of aryl methyl sites for hydroxylation is 2. The van der Waals surface area contributed by atoms with Gasteiger partial charge in [0, 0.05) is 19.5 Å². The lowest BCUT2D eigenvalue weighted by molar-refractivity contribution is 0.246. The molecule has 15 heavy (non-hydrogen) atoms. The van der Waals surface area contributed by atoms with E-state index in [9.17, 15) is 0 Å². The second kappa shape index (κ2) is 3.85. The molecule has 1 fully saturated rings. The third kappa shape index (κ3) is 1.86. The fraction of sp³-hybridized carbons (Fsp3) is 0.727. The number of nitrogen functional groups attached to an aromatic ring is 1. The number of rotatable bonds is 1. The number of nitrogens with two attached hydrogens (primary N) is 1. The number of piperidine rings is 1. The SMILES string of the molecule is Cc1nn(C)c(C2CCCN(C)C2)c1N. The molecular weight excluding hydrogens is 188 g/mol. The highest BCUT2D eigenvalue weighted by molar-refractivity contribution is 5.49. The predicted molar refractivity (Wildman–Crippen MR) is 61.8 cm³/mol. The Bertz CT molecular complexity index is 356. The molecule has 2 rings (SSSR count). The summed E-state index contributed by atoms with van der Waals surface area (Å²) in [4.78, 5) is 2.37. The summed E-state index contributed by atoms with van der Waals surface area (Å²) in [5.41, 5.74) is 9.15. The molecule has 1 saturated heterocycles. The fourth-order valence-corrected chi connectivity index (χ4v) is 2.57. The topological polar surface area (TPSA) is 47.1 Å². The minimum Gasteiger partial charge on any atom is -0.396 e. The van der Waals surface area contributed by atoms with E-state index in [-0.39, 0.29) is 0 Å². The van der Waals surface area contributed by atoms with E-state index in [2.05, 4.69) is 17.0 Å². The van der Waals surface area contributed by atoms with Crippen molar-refractivity contribution in [3.63, 3.8) is 0 Å². The maximum Gasteiger partial charge on any atom is 0.0826 e. The van der Waals surface area contributed by atoms with Gasteiger partial charge in [-0.05, 0) is 33.4 Å². The first kappa shape index (κ1) is 10.5. The van der Waals surface area contributed by atoms with Gasteiger partial charge in [0.05, 0.1) is 17.1 Å². The van der Waals surface area contributed by atoms with Crippen LogP contribution in [0.4, 0.5) is 5.69 Å². The summed E-state index contributed by atoms with van der Waals surface area (Å²) in [5.74, 6) is 0.551. The first-order valence-corrected chi connectivity index (χ1v) is 5.57. The zero-order valence-corrected chi connectivity index (χ0v) is 9.82. The number of nitrogens with zero attached hydrogens (tertiary/aromatic N) is 3. The van der Waals surface area contributed by atoms with Crippen molar-refractivity contribution in [3.8, 4) is 0 Å². The van der Waals surface area contributed by atoms with Gasteiger partial charge in [-0.1, -0.05) is 0 Å². The molecule has 0 saturated carbocycles. The summed E-state index contributed by atoms with van der Waals surface area (Å²) in [6.07, 6.45) is 2.48. The Kier molecular flexibility index (Phi) is 2.69. The molecule has 1 aromatic heterocycles. The van der Waals surface area contributed by atoms with E-state index in [1.807, 2.05) is 18.7 Å². The average Bonchev–Trinajstić information content (AvgIpc) is 2.41. The molecule has 1 aliphatic rings. The molecule has 84 valence electrons. The molecule has 1 aliphatic heterocycles. The number of hydrogen-bond acceptors (Lipinski definition) is 3. The Morgan fingerprint density at radius 1 is 1.40 bits per heavy atom. The van der Waals surface area contributed by atoms with Crippen molar-refractivity contribution >= 4 is 5.69 Å². The molecule has 0 amide bonds. The van der Waals surface area contributed by atoms with Gasteiger partial charge in [-0.3, -0.25) is 4.68 Å². The van der Waals surface area contributed by atoms with Gasteiger partial charge < -0.3 is 10.6 Å².